The monoisotopic (exact) mass is 197 g/mol. The van der Waals surface area contributed by atoms with Crippen LogP contribution in [0.3, 0.4) is 0 Å². The number of hydrogen-bond donors (Lipinski definition) is 1. The summed E-state index contributed by atoms with van der Waals surface area (Å²) >= 11 is 0. The Morgan fingerprint density at radius 2 is 2.13 bits per heavy atom. The zero-order chi connectivity index (χ0) is 10.7. The molecule has 0 unspecified atom stereocenters. The van der Waals surface area contributed by atoms with Gasteiger partial charge in [-0.2, -0.15) is 5.10 Å². The number of nitrogens with zero attached hydrogens (tertiary/aromatic N) is 2. The van der Waals surface area contributed by atoms with Gasteiger partial charge in [-0.15, -0.1) is 0 Å². The molecule has 2 aromatic rings. The molecule has 0 fully saturated rings. The number of benzene rings is 1. The van der Waals surface area contributed by atoms with E-state index >= 15 is 0 Å². The molecule has 0 radical (unpaired) electrons. The van der Waals surface area contributed by atoms with Crippen molar-refractivity contribution in [1.29, 1.82) is 0 Å². The molecule has 0 aliphatic heterocycles. The molecule has 0 bridgehead atoms. The van der Waals surface area contributed by atoms with E-state index in [1.54, 1.807) is 24.3 Å². The van der Waals surface area contributed by atoms with Gasteiger partial charge in [0.2, 0.25) is 0 Å². The van der Waals surface area contributed by atoms with Crippen molar-refractivity contribution >= 4 is 5.69 Å². The fourth-order valence-electron chi connectivity index (χ4n) is 1.24. The van der Waals surface area contributed by atoms with E-state index in [1.165, 1.54) is 6.07 Å². The van der Waals surface area contributed by atoms with Crippen molar-refractivity contribution < 1.29 is 0 Å². The molecule has 0 spiro atoms. The van der Waals surface area contributed by atoms with Crippen molar-refractivity contribution in [1.82, 2.24) is 10.2 Å². The zero-order valence-corrected chi connectivity index (χ0v) is 7.77. The average Bonchev–Trinajstić information content (AvgIpc) is 2.30. The lowest BCUT2D eigenvalue weighted by Crippen LogP contribution is -2.05. The van der Waals surface area contributed by atoms with Crippen LogP contribution in [0.1, 0.15) is 0 Å². The van der Waals surface area contributed by atoms with Crippen molar-refractivity contribution in [3.05, 3.63) is 58.2 Å². The number of hydrogen-bond acceptors (Lipinski definition) is 2. The molecule has 15 heavy (non-hydrogen) atoms. The number of rotatable bonds is 1. The summed E-state index contributed by atoms with van der Waals surface area (Å²) in [6.45, 7) is 6.88. The Labute approximate surface area is 86.0 Å². The molecule has 0 amide bonds. The Morgan fingerprint density at radius 1 is 1.27 bits per heavy atom. The van der Waals surface area contributed by atoms with Crippen molar-refractivity contribution in [3.63, 3.8) is 0 Å². The van der Waals surface area contributed by atoms with Gasteiger partial charge in [0.05, 0.1) is 12.3 Å². The molecule has 0 aliphatic carbocycles. The van der Waals surface area contributed by atoms with Crippen molar-refractivity contribution in [2.45, 2.75) is 0 Å². The minimum absolute atomic E-state index is 0.236. The summed E-state index contributed by atoms with van der Waals surface area (Å²) in [5, 5.41) is 6.24. The lowest BCUT2D eigenvalue weighted by atomic mass is 10.1. The fourth-order valence-corrected chi connectivity index (χ4v) is 1.24. The van der Waals surface area contributed by atoms with Crippen LogP contribution in [0.2, 0.25) is 0 Å². The Hall–Kier alpha value is -2.41. The normalized spacial score (nSPS) is 9.53. The highest BCUT2D eigenvalue weighted by Gasteiger charge is 1.99. The first-order valence-electron chi connectivity index (χ1n) is 4.33. The molecule has 1 heterocycles. The summed E-state index contributed by atoms with van der Waals surface area (Å²) in [5.74, 6) is 0. The van der Waals surface area contributed by atoms with Crippen LogP contribution < -0.4 is 5.56 Å². The van der Waals surface area contributed by atoms with Crippen molar-refractivity contribution in [3.8, 4) is 11.3 Å². The quantitative estimate of drug-likeness (QED) is 0.710. The summed E-state index contributed by atoms with van der Waals surface area (Å²) in [6.07, 6.45) is 0. The predicted octanol–water partition coefficient (Wildman–Crippen LogP) is 1.99. The van der Waals surface area contributed by atoms with Gasteiger partial charge < -0.3 is 0 Å². The second kappa shape index (κ2) is 3.76. The van der Waals surface area contributed by atoms with E-state index in [4.69, 9.17) is 6.57 Å². The van der Waals surface area contributed by atoms with Crippen LogP contribution >= 0.6 is 0 Å². The molecular formula is C11H7N3O. The van der Waals surface area contributed by atoms with Gasteiger partial charge in [0, 0.05) is 6.07 Å². The standard InChI is InChI=1S/C11H7N3O/c1-12-9-4-2-3-8(7-9)10-5-6-11(15)14-13-10/h2-7H,(H,14,15). The van der Waals surface area contributed by atoms with Crippen LogP contribution in [-0.2, 0) is 0 Å². The topological polar surface area (TPSA) is 50.1 Å². The van der Waals surface area contributed by atoms with E-state index in [2.05, 4.69) is 15.0 Å². The van der Waals surface area contributed by atoms with E-state index in [1.807, 2.05) is 6.07 Å². The van der Waals surface area contributed by atoms with Crippen LogP contribution in [0, 0.1) is 6.57 Å². The van der Waals surface area contributed by atoms with E-state index in [0.29, 0.717) is 11.4 Å². The van der Waals surface area contributed by atoms with Crippen LogP contribution in [0.15, 0.2) is 41.2 Å². The van der Waals surface area contributed by atoms with Crippen molar-refractivity contribution in [2.75, 3.05) is 0 Å². The van der Waals surface area contributed by atoms with Gasteiger partial charge in [-0.05, 0) is 17.7 Å². The maximum atomic E-state index is 10.8. The molecule has 0 saturated heterocycles. The molecule has 1 aromatic carbocycles. The highest BCUT2D eigenvalue weighted by molar-refractivity contribution is 5.64. The highest BCUT2D eigenvalue weighted by atomic mass is 16.1. The predicted molar refractivity (Wildman–Crippen MR) is 56.6 cm³/mol. The van der Waals surface area contributed by atoms with Gasteiger partial charge in [0.15, 0.2) is 5.69 Å². The molecule has 0 atom stereocenters. The molecular weight excluding hydrogens is 190 g/mol. The molecule has 0 saturated carbocycles. The zero-order valence-electron chi connectivity index (χ0n) is 7.77. The summed E-state index contributed by atoms with van der Waals surface area (Å²) in [5.41, 5.74) is 1.79. The second-order valence-corrected chi connectivity index (χ2v) is 2.97. The number of aromatic amines is 1. The van der Waals surface area contributed by atoms with E-state index in [-0.39, 0.29) is 5.56 Å². The number of aromatic nitrogens is 2. The Bertz CT molecular complexity index is 560. The Morgan fingerprint density at radius 3 is 2.80 bits per heavy atom. The van der Waals surface area contributed by atoms with E-state index in [0.717, 1.165) is 5.56 Å². The summed E-state index contributed by atoms with van der Waals surface area (Å²) in [7, 11) is 0. The summed E-state index contributed by atoms with van der Waals surface area (Å²) in [6, 6.07) is 10.1. The fraction of sp³-hybridized carbons (Fsp3) is 0. The van der Waals surface area contributed by atoms with Gasteiger partial charge in [0.1, 0.15) is 0 Å². The first-order chi connectivity index (χ1) is 7.29. The van der Waals surface area contributed by atoms with Gasteiger partial charge in [-0.25, -0.2) is 9.94 Å². The smallest absolute Gasteiger partial charge is 0.264 e. The lowest BCUT2D eigenvalue weighted by Gasteiger charge is -1.99. The SMILES string of the molecule is [C-]#[N+]c1cccc(-c2ccc(=O)[nH]n2)c1. The largest absolute Gasteiger partial charge is 0.268 e. The third-order valence-electron chi connectivity index (χ3n) is 1.95. The molecule has 0 aliphatic rings. The van der Waals surface area contributed by atoms with Gasteiger partial charge in [0.25, 0.3) is 5.56 Å². The first-order valence-corrected chi connectivity index (χ1v) is 4.33. The molecule has 1 N–H and O–H groups in total. The summed E-state index contributed by atoms with van der Waals surface area (Å²) in [4.78, 5) is 14.1. The first kappa shape index (κ1) is 9.16. The second-order valence-electron chi connectivity index (χ2n) is 2.97. The van der Waals surface area contributed by atoms with Crippen molar-refractivity contribution in [2.24, 2.45) is 0 Å². The van der Waals surface area contributed by atoms with Crippen LogP contribution in [0.5, 0.6) is 0 Å². The third kappa shape index (κ3) is 1.92. The maximum Gasteiger partial charge on any atom is 0.264 e. The maximum absolute atomic E-state index is 10.8. The Balaban J connectivity index is 2.50. The Kier molecular flexibility index (Phi) is 2.30. The average molecular weight is 197 g/mol. The van der Waals surface area contributed by atoms with Crippen LogP contribution in [-0.4, -0.2) is 10.2 Å². The van der Waals surface area contributed by atoms with Crippen LogP contribution in [0.25, 0.3) is 16.1 Å². The van der Waals surface area contributed by atoms with Crippen LogP contribution in [0.4, 0.5) is 5.69 Å². The number of H-pyrrole nitrogens is 1. The van der Waals surface area contributed by atoms with E-state index in [9.17, 15) is 4.79 Å². The van der Waals surface area contributed by atoms with Gasteiger partial charge in [-0.3, -0.25) is 4.79 Å². The molecule has 1 aromatic heterocycles. The molecule has 2 rings (SSSR count). The minimum atomic E-state index is -0.236. The minimum Gasteiger partial charge on any atom is -0.268 e. The van der Waals surface area contributed by atoms with Gasteiger partial charge in [-0.1, -0.05) is 18.2 Å². The lowest BCUT2D eigenvalue weighted by molar-refractivity contribution is 0.995. The highest BCUT2D eigenvalue weighted by Crippen LogP contribution is 2.21. The summed E-state index contributed by atoms with van der Waals surface area (Å²) < 4.78 is 0. The number of nitrogens with one attached hydrogen (secondary N) is 1. The third-order valence-corrected chi connectivity index (χ3v) is 1.95. The molecule has 4 nitrogen and oxygen atoms in total. The molecule has 4 heteroatoms. The molecule has 72 valence electrons. The van der Waals surface area contributed by atoms with Gasteiger partial charge >= 0.3 is 0 Å². The van der Waals surface area contributed by atoms with E-state index < -0.39 is 0 Å².